The number of ether oxygens (including phenoxy) is 2. The molecule has 0 radical (unpaired) electrons. The highest BCUT2D eigenvalue weighted by atomic mass is 32.1. The first kappa shape index (κ1) is 14.8. The largest absolute Gasteiger partial charge is 0.497 e. The Kier molecular flexibility index (Phi) is 5.38. The van der Waals surface area contributed by atoms with Crippen LogP contribution in [0.3, 0.4) is 0 Å². The molecule has 0 fully saturated rings. The molecule has 2 rings (SSSR count). The van der Waals surface area contributed by atoms with Crippen molar-refractivity contribution in [2.45, 2.75) is 26.4 Å². The highest BCUT2D eigenvalue weighted by Gasteiger charge is 2.06. The molecule has 0 aliphatic heterocycles. The van der Waals surface area contributed by atoms with Crippen LogP contribution in [0.25, 0.3) is 0 Å². The molecule has 4 nitrogen and oxygen atoms in total. The van der Waals surface area contributed by atoms with Crippen molar-refractivity contribution in [3.63, 3.8) is 0 Å². The number of rotatable bonds is 7. The molecule has 2 aromatic rings. The predicted octanol–water partition coefficient (Wildman–Crippen LogP) is 3.01. The molecule has 0 saturated heterocycles. The second-order valence-corrected chi connectivity index (χ2v) is 5.55. The van der Waals surface area contributed by atoms with Gasteiger partial charge in [0.05, 0.1) is 14.2 Å². The van der Waals surface area contributed by atoms with Crippen molar-refractivity contribution < 1.29 is 9.47 Å². The number of aromatic nitrogens is 1. The van der Waals surface area contributed by atoms with E-state index >= 15 is 0 Å². The molecule has 0 atom stereocenters. The number of thiazole rings is 1. The van der Waals surface area contributed by atoms with E-state index in [2.05, 4.69) is 17.2 Å². The van der Waals surface area contributed by atoms with E-state index in [-0.39, 0.29) is 0 Å². The van der Waals surface area contributed by atoms with Gasteiger partial charge in [-0.15, -0.1) is 11.3 Å². The van der Waals surface area contributed by atoms with Crippen molar-refractivity contribution in [2.24, 2.45) is 0 Å². The Bertz CT molecular complexity index is 555. The van der Waals surface area contributed by atoms with Crippen LogP contribution in [0.2, 0.25) is 0 Å². The number of hydrogen-bond acceptors (Lipinski definition) is 5. The molecule has 0 amide bonds. The van der Waals surface area contributed by atoms with Crippen LogP contribution in [0, 0.1) is 0 Å². The first-order chi connectivity index (χ1) is 9.76. The van der Waals surface area contributed by atoms with Gasteiger partial charge in [0, 0.05) is 29.7 Å². The number of hydrogen-bond donors (Lipinski definition) is 1. The van der Waals surface area contributed by atoms with Crippen LogP contribution in [0.1, 0.15) is 22.4 Å². The Morgan fingerprint density at radius 1 is 1.20 bits per heavy atom. The molecule has 1 N–H and O–H groups in total. The molecule has 0 saturated carbocycles. The Hall–Kier alpha value is -1.59. The quantitative estimate of drug-likeness (QED) is 0.852. The third kappa shape index (κ3) is 3.71. The molecule has 0 aliphatic carbocycles. The molecule has 0 bridgehead atoms. The Labute approximate surface area is 123 Å². The van der Waals surface area contributed by atoms with E-state index in [0.29, 0.717) is 0 Å². The third-order valence-corrected chi connectivity index (χ3v) is 4.17. The molecular weight excluding hydrogens is 272 g/mol. The molecule has 1 aromatic carbocycles. The zero-order chi connectivity index (χ0) is 14.4. The molecule has 0 aliphatic rings. The average molecular weight is 292 g/mol. The van der Waals surface area contributed by atoms with Gasteiger partial charge in [-0.05, 0) is 24.6 Å². The smallest absolute Gasteiger partial charge is 0.123 e. The summed E-state index contributed by atoms with van der Waals surface area (Å²) in [6.07, 6.45) is 3.00. The summed E-state index contributed by atoms with van der Waals surface area (Å²) in [4.78, 5) is 5.71. The van der Waals surface area contributed by atoms with Crippen LogP contribution in [0.4, 0.5) is 0 Å². The molecular formula is C15H20N2O2S. The van der Waals surface area contributed by atoms with Crippen molar-refractivity contribution in [3.05, 3.63) is 39.8 Å². The fourth-order valence-corrected chi connectivity index (χ4v) is 2.75. The monoisotopic (exact) mass is 292 g/mol. The lowest BCUT2D eigenvalue weighted by molar-refractivity contribution is 0.397. The van der Waals surface area contributed by atoms with Crippen molar-refractivity contribution >= 4 is 11.3 Å². The lowest BCUT2D eigenvalue weighted by Crippen LogP contribution is -2.13. The van der Waals surface area contributed by atoms with Gasteiger partial charge in [0.25, 0.3) is 0 Å². The Balaban J connectivity index is 1.95. The van der Waals surface area contributed by atoms with Crippen LogP contribution in [0.15, 0.2) is 24.4 Å². The minimum absolute atomic E-state index is 0.724. The number of nitrogens with zero attached hydrogens (tertiary/aromatic N) is 1. The van der Waals surface area contributed by atoms with Crippen molar-refractivity contribution in [3.8, 4) is 11.5 Å². The molecule has 1 aromatic heterocycles. The maximum atomic E-state index is 5.36. The molecule has 20 heavy (non-hydrogen) atoms. The van der Waals surface area contributed by atoms with E-state index < -0.39 is 0 Å². The lowest BCUT2D eigenvalue weighted by atomic mass is 10.2. The fourth-order valence-electron chi connectivity index (χ4n) is 1.92. The van der Waals surface area contributed by atoms with E-state index in [1.54, 1.807) is 25.6 Å². The minimum atomic E-state index is 0.724. The van der Waals surface area contributed by atoms with Crippen molar-refractivity contribution in [1.82, 2.24) is 10.3 Å². The van der Waals surface area contributed by atoms with E-state index in [1.165, 1.54) is 4.88 Å². The minimum Gasteiger partial charge on any atom is -0.497 e. The first-order valence-electron chi connectivity index (χ1n) is 6.62. The molecule has 108 valence electrons. The zero-order valence-electron chi connectivity index (χ0n) is 12.1. The Morgan fingerprint density at radius 2 is 2.05 bits per heavy atom. The van der Waals surface area contributed by atoms with E-state index in [1.807, 2.05) is 24.4 Å². The number of benzene rings is 1. The maximum Gasteiger partial charge on any atom is 0.123 e. The molecule has 0 unspecified atom stereocenters. The van der Waals surface area contributed by atoms with Crippen molar-refractivity contribution in [1.29, 1.82) is 0 Å². The average Bonchev–Trinajstić information content (AvgIpc) is 2.95. The highest BCUT2D eigenvalue weighted by molar-refractivity contribution is 7.11. The Morgan fingerprint density at radius 3 is 2.70 bits per heavy atom. The van der Waals surface area contributed by atoms with Gasteiger partial charge >= 0.3 is 0 Å². The van der Waals surface area contributed by atoms with Gasteiger partial charge in [-0.3, -0.25) is 0 Å². The topological polar surface area (TPSA) is 43.4 Å². The first-order valence-corrected chi connectivity index (χ1v) is 7.43. The van der Waals surface area contributed by atoms with Crippen molar-refractivity contribution in [2.75, 3.05) is 14.2 Å². The number of aryl methyl sites for hydroxylation is 1. The van der Waals surface area contributed by atoms with Crippen LogP contribution >= 0.6 is 11.3 Å². The van der Waals surface area contributed by atoms with E-state index in [9.17, 15) is 0 Å². The van der Waals surface area contributed by atoms with E-state index in [4.69, 9.17) is 9.47 Å². The summed E-state index contributed by atoms with van der Waals surface area (Å²) < 4.78 is 10.6. The van der Waals surface area contributed by atoms with Gasteiger partial charge in [-0.1, -0.05) is 6.92 Å². The molecule has 0 spiro atoms. The van der Waals surface area contributed by atoms with Crippen LogP contribution in [0.5, 0.6) is 11.5 Å². The SMILES string of the molecule is CCc1cnc(CNCc2cc(OC)ccc2OC)s1. The summed E-state index contributed by atoms with van der Waals surface area (Å²) >= 11 is 1.76. The lowest BCUT2D eigenvalue weighted by Gasteiger charge is -2.10. The number of methoxy groups -OCH3 is 2. The van der Waals surface area contributed by atoms with Gasteiger partial charge in [0.1, 0.15) is 16.5 Å². The highest BCUT2D eigenvalue weighted by Crippen LogP contribution is 2.24. The summed E-state index contributed by atoms with van der Waals surface area (Å²) in [7, 11) is 3.35. The summed E-state index contributed by atoms with van der Waals surface area (Å²) in [6, 6.07) is 5.82. The standard InChI is InChI=1S/C15H20N2O2S/c1-4-13-9-17-15(20-13)10-16-8-11-7-12(18-2)5-6-14(11)19-3/h5-7,9,16H,4,8,10H2,1-3H3. The summed E-state index contributed by atoms with van der Waals surface area (Å²) in [5, 5.41) is 4.51. The second kappa shape index (κ2) is 7.26. The fraction of sp³-hybridized carbons (Fsp3) is 0.400. The predicted molar refractivity (Wildman–Crippen MR) is 81.6 cm³/mol. The summed E-state index contributed by atoms with van der Waals surface area (Å²) in [5.41, 5.74) is 1.08. The van der Waals surface area contributed by atoms with Gasteiger partial charge in [0.2, 0.25) is 0 Å². The van der Waals surface area contributed by atoms with Crippen LogP contribution in [-0.2, 0) is 19.5 Å². The number of nitrogens with one attached hydrogen (secondary N) is 1. The van der Waals surface area contributed by atoms with Gasteiger partial charge in [-0.25, -0.2) is 4.98 Å². The molecule has 5 heteroatoms. The maximum absolute atomic E-state index is 5.36. The van der Waals surface area contributed by atoms with E-state index in [0.717, 1.165) is 41.6 Å². The van der Waals surface area contributed by atoms with Crippen LogP contribution in [-0.4, -0.2) is 19.2 Å². The van der Waals surface area contributed by atoms with Gasteiger partial charge < -0.3 is 14.8 Å². The third-order valence-electron chi connectivity index (χ3n) is 3.03. The summed E-state index contributed by atoms with van der Waals surface area (Å²) in [5.74, 6) is 1.71. The second-order valence-electron chi connectivity index (χ2n) is 4.36. The van der Waals surface area contributed by atoms with Gasteiger partial charge in [0.15, 0.2) is 0 Å². The molecule has 1 heterocycles. The summed E-state index contributed by atoms with van der Waals surface area (Å²) in [6.45, 7) is 3.64. The van der Waals surface area contributed by atoms with Crippen LogP contribution < -0.4 is 14.8 Å². The normalized spacial score (nSPS) is 10.6. The zero-order valence-corrected chi connectivity index (χ0v) is 12.9. The van der Waals surface area contributed by atoms with Gasteiger partial charge in [-0.2, -0.15) is 0 Å².